The van der Waals surface area contributed by atoms with Crippen LogP contribution in [0.1, 0.15) is 24.5 Å². The molecule has 1 fully saturated rings. The van der Waals surface area contributed by atoms with E-state index in [4.69, 9.17) is 4.74 Å². The topological polar surface area (TPSA) is 29.5 Å². The van der Waals surface area contributed by atoms with Crippen molar-refractivity contribution < 1.29 is 9.53 Å². The van der Waals surface area contributed by atoms with Crippen molar-refractivity contribution in [2.24, 2.45) is 0 Å². The highest BCUT2D eigenvalue weighted by Gasteiger charge is 2.23. The Morgan fingerprint density at radius 1 is 1.47 bits per heavy atom. The van der Waals surface area contributed by atoms with Gasteiger partial charge in [-0.05, 0) is 31.4 Å². The number of rotatable bonds is 2. The summed E-state index contributed by atoms with van der Waals surface area (Å²) in [6, 6.07) is 8.03. The molecule has 0 bridgehead atoms. The van der Waals surface area contributed by atoms with Gasteiger partial charge in [-0.1, -0.05) is 24.3 Å². The summed E-state index contributed by atoms with van der Waals surface area (Å²) in [6.45, 7) is 5.55. The van der Waals surface area contributed by atoms with Crippen LogP contribution in [0.2, 0.25) is 0 Å². The Morgan fingerprint density at radius 2 is 2.24 bits per heavy atom. The van der Waals surface area contributed by atoms with E-state index in [9.17, 15) is 4.79 Å². The van der Waals surface area contributed by atoms with E-state index in [1.165, 1.54) is 5.56 Å². The molecular weight excluding hydrogens is 214 g/mol. The Hall–Kier alpha value is -1.35. The van der Waals surface area contributed by atoms with Gasteiger partial charge in [-0.3, -0.25) is 4.79 Å². The predicted molar refractivity (Wildman–Crippen MR) is 66.6 cm³/mol. The van der Waals surface area contributed by atoms with Crippen molar-refractivity contribution in [3.63, 3.8) is 0 Å². The third kappa shape index (κ3) is 2.86. The summed E-state index contributed by atoms with van der Waals surface area (Å²) in [6.07, 6.45) is 1.32. The van der Waals surface area contributed by atoms with Crippen molar-refractivity contribution in [2.45, 2.75) is 32.9 Å². The van der Waals surface area contributed by atoms with Gasteiger partial charge in [-0.2, -0.15) is 0 Å². The second-order valence-corrected chi connectivity index (χ2v) is 4.51. The number of aryl methyl sites for hydroxylation is 1. The monoisotopic (exact) mass is 233 g/mol. The molecule has 0 saturated carbocycles. The molecule has 3 nitrogen and oxygen atoms in total. The molecule has 0 aliphatic carbocycles. The van der Waals surface area contributed by atoms with Crippen LogP contribution < -0.4 is 0 Å². The minimum atomic E-state index is -0.0831. The van der Waals surface area contributed by atoms with Crippen molar-refractivity contribution in [3.8, 4) is 0 Å². The zero-order valence-corrected chi connectivity index (χ0v) is 10.5. The zero-order chi connectivity index (χ0) is 12.3. The van der Waals surface area contributed by atoms with E-state index in [1.807, 2.05) is 43.0 Å². The van der Waals surface area contributed by atoms with Gasteiger partial charge in [0, 0.05) is 6.54 Å². The van der Waals surface area contributed by atoms with Crippen LogP contribution in [0.5, 0.6) is 0 Å². The molecule has 92 valence electrons. The Labute approximate surface area is 102 Å². The number of amides is 1. The summed E-state index contributed by atoms with van der Waals surface area (Å²) in [5.74, 6) is 0.159. The van der Waals surface area contributed by atoms with Crippen LogP contribution in [0, 0.1) is 6.92 Å². The Bertz CT molecular complexity index is 403. The molecule has 1 amide bonds. The lowest BCUT2D eigenvalue weighted by Gasteiger charge is -2.33. The molecular formula is C14H19NO2. The van der Waals surface area contributed by atoms with Gasteiger partial charge in [-0.25, -0.2) is 0 Å². The first-order valence-corrected chi connectivity index (χ1v) is 6.14. The molecule has 0 radical (unpaired) electrons. The number of hydrogen-bond donors (Lipinski definition) is 0. The summed E-state index contributed by atoms with van der Waals surface area (Å²) in [5.41, 5.74) is 2.28. The van der Waals surface area contributed by atoms with E-state index in [1.54, 1.807) is 0 Å². The van der Waals surface area contributed by atoms with Crippen LogP contribution in [0.15, 0.2) is 24.3 Å². The Morgan fingerprint density at radius 3 is 2.94 bits per heavy atom. The highest BCUT2D eigenvalue weighted by molar-refractivity contribution is 5.79. The first-order chi connectivity index (χ1) is 8.18. The number of carbonyl (C=O) groups is 1. The third-order valence-corrected chi connectivity index (χ3v) is 3.26. The predicted octanol–water partition coefficient (Wildman–Crippen LogP) is 2.13. The molecule has 2 rings (SSSR count). The van der Waals surface area contributed by atoms with Gasteiger partial charge in [0.1, 0.15) is 6.23 Å². The van der Waals surface area contributed by atoms with Gasteiger partial charge in [0.25, 0.3) is 0 Å². The molecule has 3 heteroatoms. The SMILES string of the molecule is Cc1ccccc1CC(=O)N1CCCOC1C. The fourth-order valence-corrected chi connectivity index (χ4v) is 2.16. The van der Waals surface area contributed by atoms with E-state index in [2.05, 4.69) is 0 Å². The van der Waals surface area contributed by atoms with Crippen LogP contribution in [-0.2, 0) is 16.0 Å². The lowest BCUT2D eigenvalue weighted by molar-refractivity contribution is -0.151. The smallest absolute Gasteiger partial charge is 0.229 e. The number of nitrogens with zero attached hydrogens (tertiary/aromatic N) is 1. The zero-order valence-electron chi connectivity index (χ0n) is 10.5. The summed E-state index contributed by atoms with van der Waals surface area (Å²) in [5, 5.41) is 0. The maximum absolute atomic E-state index is 12.2. The molecule has 1 aliphatic heterocycles. The van der Waals surface area contributed by atoms with E-state index < -0.39 is 0 Å². The second-order valence-electron chi connectivity index (χ2n) is 4.51. The van der Waals surface area contributed by atoms with E-state index in [-0.39, 0.29) is 12.1 Å². The molecule has 1 aromatic carbocycles. The average molecular weight is 233 g/mol. The van der Waals surface area contributed by atoms with Crippen molar-refractivity contribution in [3.05, 3.63) is 35.4 Å². The molecule has 0 aromatic heterocycles. The average Bonchev–Trinajstić information content (AvgIpc) is 2.32. The van der Waals surface area contributed by atoms with Gasteiger partial charge in [0.15, 0.2) is 0 Å². The van der Waals surface area contributed by atoms with Crippen molar-refractivity contribution >= 4 is 5.91 Å². The summed E-state index contributed by atoms with van der Waals surface area (Å²) >= 11 is 0. The number of ether oxygens (including phenoxy) is 1. The minimum absolute atomic E-state index is 0.0831. The molecule has 1 aliphatic rings. The third-order valence-electron chi connectivity index (χ3n) is 3.26. The number of hydrogen-bond acceptors (Lipinski definition) is 2. The molecule has 0 N–H and O–H groups in total. The summed E-state index contributed by atoms with van der Waals surface area (Å²) in [4.78, 5) is 14.0. The molecule has 1 atom stereocenters. The van der Waals surface area contributed by atoms with Gasteiger partial charge in [-0.15, -0.1) is 0 Å². The van der Waals surface area contributed by atoms with Crippen LogP contribution in [0.4, 0.5) is 0 Å². The van der Waals surface area contributed by atoms with Gasteiger partial charge in [0.2, 0.25) is 5.91 Å². The van der Waals surface area contributed by atoms with Crippen LogP contribution in [0.25, 0.3) is 0 Å². The maximum atomic E-state index is 12.2. The molecule has 0 spiro atoms. The lowest BCUT2D eigenvalue weighted by atomic mass is 10.1. The fourth-order valence-electron chi connectivity index (χ4n) is 2.16. The van der Waals surface area contributed by atoms with Gasteiger partial charge >= 0.3 is 0 Å². The van der Waals surface area contributed by atoms with E-state index in [0.717, 1.165) is 25.1 Å². The van der Waals surface area contributed by atoms with E-state index in [0.29, 0.717) is 6.42 Å². The quantitative estimate of drug-likeness (QED) is 0.783. The first-order valence-electron chi connectivity index (χ1n) is 6.14. The second kappa shape index (κ2) is 5.32. The van der Waals surface area contributed by atoms with E-state index >= 15 is 0 Å². The first kappa shape index (κ1) is 12.1. The van der Waals surface area contributed by atoms with Crippen LogP contribution >= 0.6 is 0 Å². The van der Waals surface area contributed by atoms with Crippen LogP contribution in [-0.4, -0.2) is 30.2 Å². The molecule has 17 heavy (non-hydrogen) atoms. The van der Waals surface area contributed by atoms with Crippen molar-refractivity contribution in [1.82, 2.24) is 4.90 Å². The van der Waals surface area contributed by atoms with Gasteiger partial charge < -0.3 is 9.64 Å². The van der Waals surface area contributed by atoms with Crippen molar-refractivity contribution in [1.29, 1.82) is 0 Å². The largest absolute Gasteiger partial charge is 0.359 e. The highest BCUT2D eigenvalue weighted by Crippen LogP contribution is 2.14. The lowest BCUT2D eigenvalue weighted by Crippen LogP contribution is -2.45. The molecule has 1 aromatic rings. The number of benzene rings is 1. The molecule has 1 heterocycles. The Balaban J connectivity index is 2.03. The molecule has 1 unspecified atom stereocenters. The fraction of sp³-hybridized carbons (Fsp3) is 0.500. The maximum Gasteiger partial charge on any atom is 0.229 e. The normalized spacial score (nSPS) is 20.4. The summed E-state index contributed by atoms with van der Waals surface area (Å²) in [7, 11) is 0. The minimum Gasteiger partial charge on any atom is -0.359 e. The standard InChI is InChI=1S/C14H19NO2/c1-11-6-3-4-7-13(11)10-14(16)15-8-5-9-17-12(15)2/h3-4,6-7,12H,5,8-10H2,1-2H3. The summed E-state index contributed by atoms with van der Waals surface area (Å²) < 4.78 is 5.48. The highest BCUT2D eigenvalue weighted by atomic mass is 16.5. The molecule has 1 saturated heterocycles. The van der Waals surface area contributed by atoms with Gasteiger partial charge in [0.05, 0.1) is 13.0 Å². The number of carbonyl (C=O) groups excluding carboxylic acids is 1. The van der Waals surface area contributed by atoms with Crippen molar-refractivity contribution in [2.75, 3.05) is 13.2 Å². The Kier molecular flexibility index (Phi) is 3.79. The van der Waals surface area contributed by atoms with Crippen LogP contribution in [0.3, 0.4) is 0 Å².